The molecule has 0 spiro atoms. The van der Waals surface area contributed by atoms with Crippen molar-refractivity contribution in [3.63, 3.8) is 0 Å². The number of thiol groups is 1. The molecule has 2 N–H and O–H groups in total. The van der Waals surface area contributed by atoms with Gasteiger partial charge in [-0.3, -0.25) is 0 Å². The lowest BCUT2D eigenvalue weighted by molar-refractivity contribution is 0.340. The number of hydrogen-bond acceptors (Lipinski definition) is 5. The van der Waals surface area contributed by atoms with Gasteiger partial charge in [-0.2, -0.15) is 8.42 Å². The Morgan fingerprint density at radius 3 is 2.64 bits per heavy atom. The molecule has 14 heavy (non-hydrogen) atoms. The minimum Gasteiger partial charge on any atom is -0.494 e. The fraction of sp³-hybridized carbons (Fsp3) is 0.250. The summed E-state index contributed by atoms with van der Waals surface area (Å²) in [6, 6.07) is 4.55. The molecule has 0 aliphatic heterocycles. The van der Waals surface area contributed by atoms with Crippen molar-refractivity contribution < 1.29 is 17.3 Å². The van der Waals surface area contributed by atoms with Crippen molar-refractivity contribution in [2.75, 3.05) is 12.3 Å². The molecule has 1 aromatic carbocycles. The second-order valence-electron chi connectivity index (χ2n) is 2.45. The van der Waals surface area contributed by atoms with Crippen LogP contribution in [0.25, 0.3) is 0 Å². The van der Waals surface area contributed by atoms with Gasteiger partial charge in [-0.25, -0.2) is 0 Å². The molecule has 0 unspecified atom stereocenters. The molecule has 1 aromatic rings. The number of anilines is 1. The lowest BCUT2D eigenvalue weighted by Crippen LogP contribution is -1.97. The van der Waals surface area contributed by atoms with Crippen LogP contribution in [-0.2, 0) is 11.0 Å². The minimum atomic E-state index is -2.93. The van der Waals surface area contributed by atoms with E-state index in [4.69, 9.17) is 10.5 Å². The lowest BCUT2D eigenvalue weighted by Gasteiger charge is -2.06. The van der Waals surface area contributed by atoms with Crippen LogP contribution in [0.4, 0.5) is 5.69 Å². The van der Waals surface area contributed by atoms with Crippen LogP contribution in [0, 0.1) is 0 Å². The summed E-state index contributed by atoms with van der Waals surface area (Å²) < 4.78 is 30.1. The second kappa shape index (κ2) is 4.71. The number of nitrogens with two attached hydrogens (primary N) is 1. The van der Waals surface area contributed by atoms with E-state index < -0.39 is 11.0 Å². The van der Waals surface area contributed by atoms with Crippen molar-refractivity contribution in [2.45, 2.75) is 6.92 Å². The van der Waals surface area contributed by atoms with E-state index in [0.29, 0.717) is 12.4 Å². The van der Waals surface area contributed by atoms with Gasteiger partial charge >= 0.3 is 0 Å². The smallest absolute Gasteiger partial charge is 0.299 e. The fourth-order valence-electron chi connectivity index (χ4n) is 0.946. The highest BCUT2D eigenvalue weighted by Gasteiger charge is 2.02. The second-order valence-corrected chi connectivity index (χ2v) is 3.08. The summed E-state index contributed by atoms with van der Waals surface area (Å²) >= 11 is 0. The molecular weight excluding hydrogens is 206 g/mol. The van der Waals surface area contributed by atoms with E-state index in [9.17, 15) is 8.42 Å². The van der Waals surface area contributed by atoms with Crippen LogP contribution < -0.4 is 14.7 Å². The van der Waals surface area contributed by atoms with Crippen molar-refractivity contribution in [3.8, 4) is 11.5 Å². The van der Waals surface area contributed by atoms with Gasteiger partial charge in [0.1, 0.15) is 5.75 Å². The average molecular weight is 217 g/mol. The zero-order chi connectivity index (χ0) is 10.6. The Kier molecular flexibility index (Phi) is 3.58. The maximum absolute atomic E-state index is 10.3. The van der Waals surface area contributed by atoms with Crippen molar-refractivity contribution in [2.24, 2.45) is 0 Å². The number of benzene rings is 1. The van der Waals surface area contributed by atoms with Gasteiger partial charge in [-0.1, -0.05) is 0 Å². The predicted octanol–water partition coefficient (Wildman–Crippen LogP) is 0.573. The standard InChI is InChI=1S/C8H11NO4S/c1-2-12-6-3-4-8(7(9)5-6)13-14(10)11/h3-5,14H,2,9H2,1H3. The maximum Gasteiger partial charge on any atom is 0.299 e. The lowest BCUT2D eigenvalue weighted by atomic mass is 10.3. The van der Waals surface area contributed by atoms with Crippen molar-refractivity contribution >= 4 is 16.7 Å². The zero-order valence-corrected chi connectivity index (χ0v) is 8.49. The van der Waals surface area contributed by atoms with Gasteiger partial charge in [-0.15, -0.1) is 0 Å². The molecule has 0 aromatic heterocycles. The van der Waals surface area contributed by atoms with Crippen LogP contribution >= 0.6 is 0 Å². The van der Waals surface area contributed by atoms with Gasteiger partial charge in [-0.05, 0) is 19.1 Å². The van der Waals surface area contributed by atoms with Gasteiger partial charge in [0.2, 0.25) is 0 Å². The Morgan fingerprint density at radius 1 is 1.43 bits per heavy atom. The van der Waals surface area contributed by atoms with Gasteiger partial charge in [0, 0.05) is 6.07 Å². The molecule has 1 rings (SSSR count). The quantitative estimate of drug-likeness (QED) is 0.569. The first-order valence-corrected chi connectivity index (χ1v) is 5.07. The number of rotatable bonds is 4. The van der Waals surface area contributed by atoms with Crippen molar-refractivity contribution in [1.29, 1.82) is 0 Å². The molecule has 0 bridgehead atoms. The molecular formula is C8H11NO4S. The fourth-order valence-corrected chi connectivity index (χ4v) is 1.27. The highest BCUT2D eigenvalue weighted by atomic mass is 32.2. The van der Waals surface area contributed by atoms with Crippen LogP contribution in [0.1, 0.15) is 6.92 Å². The molecule has 5 nitrogen and oxygen atoms in total. The van der Waals surface area contributed by atoms with Crippen LogP contribution in [-0.4, -0.2) is 15.0 Å². The van der Waals surface area contributed by atoms with Gasteiger partial charge in [0.25, 0.3) is 11.0 Å². The number of ether oxygens (including phenoxy) is 1. The molecule has 6 heteroatoms. The normalized spacial score (nSPS) is 10.1. The van der Waals surface area contributed by atoms with E-state index in [-0.39, 0.29) is 11.4 Å². The third-order valence-electron chi connectivity index (χ3n) is 1.47. The first kappa shape index (κ1) is 10.6. The van der Waals surface area contributed by atoms with E-state index in [2.05, 4.69) is 4.18 Å². The Balaban J connectivity index is 2.89. The zero-order valence-electron chi connectivity index (χ0n) is 7.60. The van der Waals surface area contributed by atoms with Gasteiger partial charge in [0.15, 0.2) is 5.75 Å². The number of nitrogen functional groups attached to an aromatic ring is 1. The monoisotopic (exact) mass is 217 g/mol. The Hall–Kier alpha value is -1.43. The summed E-state index contributed by atoms with van der Waals surface area (Å²) in [5, 5.41) is 0. The molecule has 0 fully saturated rings. The van der Waals surface area contributed by atoms with Crippen molar-refractivity contribution in [3.05, 3.63) is 18.2 Å². The third kappa shape index (κ3) is 2.81. The van der Waals surface area contributed by atoms with E-state index in [1.165, 1.54) is 12.1 Å². The number of hydrogen-bond donors (Lipinski definition) is 2. The van der Waals surface area contributed by atoms with Crippen molar-refractivity contribution in [1.82, 2.24) is 0 Å². The first-order chi connectivity index (χ1) is 6.63. The van der Waals surface area contributed by atoms with Crippen LogP contribution in [0.15, 0.2) is 18.2 Å². The first-order valence-electron chi connectivity index (χ1n) is 3.98. The Morgan fingerprint density at radius 2 is 2.14 bits per heavy atom. The van der Waals surface area contributed by atoms with Crippen LogP contribution in [0.2, 0.25) is 0 Å². The van der Waals surface area contributed by atoms with Gasteiger partial charge in [0.05, 0.1) is 12.3 Å². The molecule has 0 heterocycles. The summed E-state index contributed by atoms with van der Waals surface area (Å²) in [6.07, 6.45) is 0. The SMILES string of the molecule is CCOc1ccc(O[SH](=O)=O)c(N)c1. The largest absolute Gasteiger partial charge is 0.494 e. The summed E-state index contributed by atoms with van der Waals surface area (Å²) in [6.45, 7) is 2.37. The average Bonchev–Trinajstić information content (AvgIpc) is 2.10. The van der Waals surface area contributed by atoms with Gasteiger partial charge < -0.3 is 14.7 Å². The summed E-state index contributed by atoms with van der Waals surface area (Å²) in [7, 11) is -2.93. The summed E-state index contributed by atoms with van der Waals surface area (Å²) in [4.78, 5) is 0. The molecule has 78 valence electrons. The Bertz CT molecular complexity index is 381. The molecule has 0 saturated heterocycles. The van der Waals surface area contributed by atoms with Crippen LogP contribution in [0.5, 0.6) is 11.5 Å². The predicted molar refractivity (Wildman–Crippen MR) is 53.0 cm³/mol. The minimum absolute atomic E-state index is 0.115. The summed E-state index contributed by atoms with van der Waals surface area (Å²) in [5.41, 5.74) is 5.76. The summed E-state index contributed by atoms with van der Waals surface area (Å²) in [5.74, 6) is 0.697. The van der Waals surface area contributed by atoms with E-state index in [1.807, 2.05) is 6.92 Å². The topological polar surface area (TPSA) is 78.6 Å². The molecule has 0 aliphatic rings. The van der Waals surface area contributed by atoms with E-state index in [0.717, 1.165) is 0 Å². The Labute approximate surface area is 83.6 Å². The molecule has 0 radical (unpaired) electrons. The molecule has 0 aliphatic carbocycles. The molecule has 0 atom stereocenters. The van der Waals surface area contributed by atoms with Crippen LogP contribution in [0.3, 0.4) is 0 Å². The highest BCUT2D eigenvalue weighted by Crippen LogP contribution is 2.26. The third-order valence-corrected chi connectivity index (χ3v) is 1.81. The maximum atomic E-state index is 10.3. The molecule has 0 amide bonds. The van der Waals surface area contributed by atoms with E-state index in [1.54, 1.807) is 6.07 Å². The highest BCUT2D eigenvalue weighted by molar-refractivity contribution is 7.67. The molecule has 0 saturated carbocycles. The van der Waals surface area contributed by atoms with E-state index >= 15 is 0 Å².